The van der Waals surface area contributed by atoms with E-state index in [2.05, 4.69) is 6.92 Å². The lowest BCUT2D eigenvalue weighted by Gasteiger charge is -2.11. The van der Waals surface area contributed by atoms with E-state index in [4.69, 9.17) is 16.2 Å². The largest absolute Gasteiger partial charge is 0.466 e. The summed E-state index contributed by atoms with van der Waals surface area (Å²) < 4.78 is 5.27. The third-order valence-corrected chi connectivity index (χ3v) is 4.25. The Hall–Kier alpha value is -0.610. The molecule has 0 rings (SSSR count). The van der Waals surface area contributed by atoms with Crippen LogP contribution in [0.25, 0.3) is 0 Å². The van der Waals surface area contributed by atoms with Gasteiger partial charge in [-0.15, -0.1) is 0 Å². The number of carbonyl (C=O) groups excluding carboxylic acids is 1. The van der Waals surface area contributed by atoms with Crippen LogP contribution in [0.4, 0.5) is 0 Å². The lowest BCUT2D eigenvalue weighted by Crippen LogP contribution is -2.20. The molecule has 0 aromatic rings. The zero-order valence-electron chi connectivity index (χ0n) is 15.4. The minimum atomic E-state index is -0.0636. The second kappa shape index (κ2) is 17.7. The van der Waals surface area contributed by atoms with Gasteiger partial charge in [-0.1, -0.05) is 58.3 Å². The zero-order valence-corrected chi connectivity index (χ0v) is 15.4. The van der Waals surface area contributed by atoms with Crippen LogP contribution in [0.15, 0.2) is 0 Å². The molecule has 23 heavy (non-hydrogen) atoms. The molecule has 0 heterocycles. The summed E-state index contributed by atoms with van der Waals surface area (Å²) in [5.41, 5.74) is 11.5. The molecular formula is C19H40N2O2. The van der Waals surface area contributed by atoms with Gasteiger partial charge in [-0.25, -0.2) is 0 Å². The number of rotatable bonds is 17. The molecule has 138 valence electrons. The van der Waals surface area contributed by atoms with Crippen LogP contribution in [0.1, 0.15) is 96.8 Å². The molecular weight excluding hydrogens is 288 g/mol. The van der Waals surface area contributed by atoms with E-state index in [0.29, 0.717) is 13.0 Å². The molecule has 1 atom stereocenters. The molecule has 0 fully saturated rings. The van der Waals surface area contributed by atoms with Gasteiger partial charge in [0.15, 0.2) is 0 Å². The van der Waals surface area contributed by atoms with Gasteiger partial charge in [0.25, 0.3) is 0 Å². The first-order valence-electron chi connectivity index (χ1n) is 9.82. The van der Waals surface area contributed by atoms with Gasteiger partial charge in [0.1, 0.15) is 0 Å². The van der Waals surface area contributed by atoms with Crippen LogP contribution in [0.5, 0.6) is 0 Å². The first kappa shape index (κ1) is 22.4. The molecule has 0 saturated carbocycles. The molecule has 0 bridgehead atoms. The van der Waals surface area contributed by atoms with Crippen molar-refractivity contribution in [2.24, 2.45) is 11.5 Å². The van der Waals surface area contributed by atoms with Crippen LogP contribution < -0.4 is 11.5 Å². The molecule has 0 aliphatic heterocycles. The van der Waals surface area contributed by atoms with Crippen molar-refractivity contribution in [2.45, 2.75) is 103 Å². The number of carbonyl (C=O) groups is 1. The molecule has 0 aliphatic rings. The fraction of sp³-hybridized carbons (Fsp3) is 0.947. The van der Waals surface area contributed by atoms with Crippen LogP contribution in [0, 0.1) is 0 Å². The van der Waals surface area contributed by atoms with E-state index in [1.807, 2.05) is 0 Å². The summed E-state index contributed by atoms with van der Waals surface area (Å²) in [6.07, 6.45) is 15.4. The highest BCUT2D eigenvalue weighted by Gasteiger charge is 2.06. The summed E-state index contributed by atoms with van der Waals surface area (Å²) in [6, 6.07) is 0.212. The van der Waals surface area contributed by atoms with Crippen molar-refractivity contribution in [1.29, 1.82) is 0 Å². The van der Waals surface area contributed by atoms with Crippen molar-refractivity contribution in [1.82, 2.24) is 0 Å². The van der Waals surface area contributed by atoms with Crippen LogP contribution in [-0.2, 0) is 9.53 Å². The number of nitrogens with two attached hydrogens (primary N) is 2. The van der Waals surface area contributed by atoms with Crippen LogP contribution in [0.3, 0.4) is 0 Å². The van der Waals surface area contributed by atoms with Crippen molar-refractivity contribution in [2.75, 3.05) is 13.2 Å². The van der Waals surface area contributed by atoms with Gasteiger partial charge >= 0.3 is 5.97 Å². The molecule has 0 aromatic heterocycles. The maximum Gasteiger partial charge on any atom is 0.305 e. The predicted molar refractivity (Wildman–Crippen MR) is 98.3 cm³/mol. The maximum atomic E-state index is 11.6. The van der Waals surface area contributed by atoms with Crippen LogP contribution in [-0.4, -0.2) is 25.2 Å². The van der Waals surface area contributed by atoms with E-state index in [-0.39, 0.29) is 12.0 Å². The average Bonchev–Trinajstić information content (AvgIpc) is 2.54. The highest BCUT2D eigenvalue weighted by atomic mass is 16.5. The molecule has 0 aromatic carbocycles. The van der Waals surface area contributed by atoms with Crippen molar-refractivity contribution in [3.63, 3.8) is 0 Å². The van der Waals surface area contributed by atoms with Gasteiger partial charge in [-0.3, -0.25) is 4.79 Å². The SMILES string of the molecule is CCCCCCCCCOC(=O)CCCC(N)CCCCCN. The predicted octanol–water partition coefficient (Wildman–Crippen LogP) is 4.30. The van der Waals surface area contributed by atoms with Crippen molar-refractivity contribution in [3.8, 4) is 0 Å². The van der Waals surface area contributed by atoms with Crippen LogP contribution in [0.2, 0.25) is 0 Å². The fourth-order valence-corrected chi connectivity index (χ4v) is 2.70. The first-order chi connectivity index (χ1) is 11.2. The second-order valence-corrected chi connectivity index (χ2v) is 6.63. The summed E-state index contributed by atoms with van der Waals surface area (Å²) in [5.74, 6) is -0.0636. The van der Waals surface area contributed by atoms with E-state index in [1.54, 1.807) is 0 Å². The summed E-state index contributed by atoms with van der Waals surface area (Å²) in [7, 11) is 0. The summed E-state index contributed by atoms with van der Waals surface area (Å²) in [4.78, 5) is 11.6. The molecule has 0 aliphatic carbocycles. The van der Waals surface area contributed by atoms with E-state index in [1.165, 1.54) is 38.5 Å². The number of ether oxygens (including phenoxy) is 1. The van der Waals surface area contributed by atoms with Gasteiger partial charge in [0.2, 0.25) is 0 Å². The quantitative estimate of drug-likeness (QED) is 0.308. The molecule has 4 heteroatoms. The Morgan fingerprint density at radius 3 is 2.17 bits per heavy atom. The number of unbranched alkanes of at least 4 members (excludes halogenated alkanes) is 8. The Morgan fingerprint density at radius 2 is 1.48 bits per heavy atom. The van der Waals surface area contributed by atoms with Gasteiger partial charge in [0.05, 0.1) is 6.61 Å². The minimum absolute atomic E-state index is 0.0636. The fourth-order valence-electron chi connectivity index (χ4n) is 2.70. The normalized spacial score (nSPS) is 12.3. The number of hydrogen-bond acceptors (Lipinski definition) is 4. The Balaban J connectivity index is 3.30. The van der Waals surface area contributed by atoms with E-state index in [0.717, 1.165) is 51.5 Å². The Kier molecular flexibility index (Phi) is 17.3. The monoisotopic (exact) mass is 328 g/mol. The third kappa shape index (κ3) is 17.6. The van der Waals surface area contributed by atoms with Crippen LogP contribution >= 0.6 is 0 Å². The summed E-state index contributed by atoms with van der Waals surface area (Å²) in [6.45, 7) is 3.58. The summed E-state index contributed by atoms with van der Waals surface area (Å²) >= 11 is 0. The minimum Gasteiger partial charge on any atom is -0.466 e. The Labute approximate surface area is 143 Å². The molecule has 0 radical (unpaired) electrons. The maximum absolute atomic E-state index is 11.6. The highest BCUT2D eigenvalue weighted by Crippen LogP contribution is 2.09. The summed E-state index contributed by atoms with van der Waals surface area (Å²) in [5, 5.41) is 0. The third-order valence-electron chi connectivity index (χ3n) is 4.25. The van der Waals surface area contributed by atoms with Crippen molar-refractivity contribution < 1.29 is 9.53 Å². The smallest absolute Gasteiger partial charge is 0.305 e. The number of hydrogen-bond donors (Lipinski definition) is 2. The molecule has 4 N–H and O–H groups in total. The highest BCUT2D eigenvalue weighted by molar-refractivity contribution is 5.69. The molecule has 1 unspecified atom stereocenters. The second-order valence-electron chi connectivity index (χ2n) is 6.63. The standard InChI is InChI=1S/C19H40N2O2/c1-2-3-4-5-6-7-11-17-23-19(22)15-12-14-18(21)13-9-8-10-16-20/h18H,2-17,20-21H2,1H3. The lowest BCUT2D eigenvalue weighted by molar-refractivity contribution is -0.143. The molecule has 0 spiro atoms. The van der Waals surface area contributed by atoms with E-state index >= 15 is 0 Å². The van der Waals surface area contributed by atoms with Crippen molar-refractivity contribution in [3.05, 3.63) is 0 Å². The lowest BCUT2D eigenvalue weighted by atomic mass is 10.0. The van der Waals surface area contributed by atoms with Crippen molar-refractivity contribution >= 4 is 5.97 Å². The van der Waals surface area contributed by atoms with Gasteiger partial charge in [0, 0.05) is 12.5 Å². The Morgan fingerprint density at radius 1 is 0.870 bits per heavy atom. The average molecular weight is 329 g/mol. The van der Waals surface area contributed by atoms with E-state index < -0.39 is 0 Å². The van der Waals surface area contributed by atoms with Gasteiger partial charge in [-0.05, 0) is 38.6 Å². The van der Waals surface area contributed by atoms with Gasteiger partial charge < -0.3 is 16.2 Å². The Bertz CT molecular complexity index is 260. The molecule has 4 nitrogen and oxygen atoms in total. The molecule has 0 amide bonds. The topological polar surface area (TPSA) is 78.3 Å². The number of esters is 1. The molecule has 0 saturated heterocycles. The zero-order chi connectivity index (χ0) is 17.2. The van der Waals surface area contributed by atoms with E-state index in [9.17, 15) is 4.79 Å². The first-order valence-corrected chi connectivity index (χ1v) is 9.82. The van der Waals surface area contributed by atoms with Gasteiger partial charge in [-0.2, -0.15) is 0 Å².